The highest BCUT2D eigenvalue weighted by molar-refractivity contribution is 7.91. The van der Waals surface area contributed by atoms with Gasteiger partial charge in [-0.1, -0.05) is 55.5 Å². The van der Waals surface area contributed by atoms with E-state index in [0.717, 1.165) is 30.4 Å². The van der Waals surface area contributed by atoms with Crippen molar-refractivity contribution in [1.82, 2.24) is 10.2 Å². The molecule has 6 nitrogen and oxygen atoms in total. The highest BCUT2D eigenvalue weighted by atomic mass is 32.2. The summed E-state index contributed by atoms with van der Waals surface area (Å²) in [5, 5.41) is 11.9. The Morgan fingerprint density at radius 1 is 1.06 bits per heavy atom. The fourth-order valence-corrected chi connectivity index (χ4v) is 5.72. The Morgan fingerprint density at radius 3 is 2.55 bits per heavy atom. The van der Waals surface area contributed by atoms with Crippen LogP contribution in [0.1, 0.15) is 49.3 Å². The first-order valence-corrected chi connectivity index (χ1v) is 12.9. The average molecular weight is 456 g/mol. The van der Waals surface area contributed by atoms with Crippen molar-refractivity contribution in [2.45, 2.75) is 50.3 Å². The molecule has 0 saturated heterocycles. The molecule has 31 heavy (non-hydrogen) atoms. The second kappa shape index (κ2) is 8.88. The van der Waals surface area contributed by atoms with Crippen LogP contribution in [0.5, 0.6) is 0 Å². The van der Waals surface area contributed by atoms with Gasteiger partial charge in [-0.15, -0.1) is 10.2 Å². The fourth-order valence-electron chi connectivity index (χ4n) is 3.67. The number of anilines is 1. The molecule has 0 radical (unpaired) electrons. The molecule has 1 aromatic heterocycles. The molecule has 1 aliphatic carbocycles. The Kier molecular flexibility index (Phi) is 6.20. The number of aryl methyl sites for hydroxylation is 2. The van der Waals surface area contributed by atoms with Gasteiger partial charge < -0.3 is 5.32 Å². The van der Waals surface area contributed by atoms with Crippen LogP contribution in [0.4, 0.5) is 5.13 Å². The molecule has 4 rings (SSSR count). The molecule has 0 fully saturated rings. The second-order valence-corrected chi connectivity index (χ2v) is 11.2. The number of nitrogens with zero attached hydrogens (tertiary/aromatic N) is 2. The number of aromatic nitrogens is 2. The van der Waals surface area contributed by atoms with Crippen LogP contribution in [0.25, 0.3) is 10.6 Å². The van der Waals surface area contributed by atoms with E-state index < -0.39 is 9.84 Å². The van der Waals surface area contributed by atoms with Gasteiger partial charge in [0.25, 0.3) is 0 Å². The molecule has 162 valence electrons. The third-order valence-electron chi connectivity index (χ3n) is 5.52. The number of rotatable bonds is 7. The van der Waals surface area contributed by atoms with Crippen LogP contribution in [-0.2, 0) is 27.5 Å². The minimum absolute atomic E-state index is 0.128. The van der Waals surface area contributed by atoms with E-state index in [0.29, 0.717) is 21.0 Å². The van der Waals surface area contributed by atoms with Crippen LogP contribution < -0.4 is 5.32 Å². The lowest BCUT2D eigenvalue weighted by atomic mass is 10.0. The molecule has 0 aliphatic heterocycles. The van der Waals surface area contributed by atoms with E-state index in [2.05, 4.69) is 41.5 Å². The van der Waals surface area contributed by atoms with Gasteiger partial charge in [0.15, 0.2) is 9.84 Å². The molecule has 0 spiro atoms. The van der Waals surface area contributed by atoms with Crippen molar-refractivity contribution in [2.24, 2.45) is 0 Å². The van der Waals surface area contributed by atoms with Crippen LogP contribution in [0.3, 0.4) is 0 Å². The molecule has 1 heterocycles. The fraction of sp³-hybridized carbons (Fsp3) is 0.348. The Labute approximate surface area is 186 Å². The number of benzene rings is 2. The van der Waals surface area contributed by atoms with Crippen molar-refractivity contribution in [1.29, 1.82) is 0 Å². The summed E-state index contributed by atoms with van der Waals surface area (Å²) in [4.78, 5) is 12.6. The van der Waals surface area contributed by atoms with E-state index >= 15 is 0 Å². The van der Waals surface area contributed by atoms with Crippen molar-refractivity contribution in [3.8, 4) is 10.6 Å². The van der Waals surface area contributed by atoms with Gasteiger partial charge in [-0.25, -0.2) is 8.42 Å². The first kappa shape index (κ1) is 21.6. The van der Waals surface area contributed by atoms with Crippen LogP contribution in [-0.4, -0.2) is 30.3 Å². The monoisotopic (exact) mass is 455 g/mol. The van der Waals surface area contributed by atoms with E-state index in [4.69, 9.17) is 0 Å². The third-order valence-corrected chi connectivity index (χ3v) is 8.12. The Hall–Kier alpha value is -2.58. The molecule has 2 aromatic carbocycles. The number of amides is 1. The topological polar surface area (TPSA) is 89.0 Å². The predicted molar refractivity (Wildman–Crippen MR) is 123 cm³/mol. The molecule has 8 heteroatoms. The molecule has 1 aliphatic rings. The standard InChI is InChI=1S/C23H25N3O3S2/c1-15(2)16-6-8-18(9-7-16)22-25-26-23(30-22)24-21(27)12-13-31(28,29)20-11-10-17-4-3-5-19(17)14-20/h6-11,14-15H,3-5,12-13H2,1-2H3,(H,24,26,27). The first-order valence-electron chi connectivity index (χ1n) is 10.4. The van der Waals surface area contributed by atoms with Gasteiger partial charge in [0.1, 0.15) is 5.01 Å². The molecule has 0 atom stereocenters. The normalized spacial score (nSPS) is 13.4. The van der Waals surface area contributed by atoms with Crippen molar-refractivity contribution < 1.29 is 13.2 Å². The number of carbonyl (C=O) groups excluding carboxylic acids is 1. The molecular weight excluding hydrogens is 430 g/mol. The lowest BCUT2D eigenvalue weighted by Crippen LogP contribution is -2.17. The van der Waals surface area contributed by atoms with E-state index in [1.54, 1.807) is 12.1 Å². The zero-order valence-electron chi connectivity index (χ0n) is 17.6. The molecule has 0 unspecified atom stereocenters. The summed E-state index contributed by atoms with van der Waals surface area (Å²) in [6, 6.07) is 13.4. The average Bonchev–Trinajstić information content (AvgIpc) is 3.41. The molecule has 1 N–H and O–H groups in total. The number of fused-ring (bicyclic) bond motifs is 1. The Bertz CT molecular complexity index is 1200. The van der Waals surface area contributed by atoms with E-state index in [1.165, 1.54) is 22.5 Å². The van der Waals surface area contributed by atoms with Crippen molar-refractivity contribution in [3.63, 3.8) is 0 Å². The van der Waals surface area contributed by atoms with Crippen LogP contribution in [0.15, 0.2) is 47.4 Å². The Balaban J connectivity index is 1.36. The van der Waals surface area contributed by atoms with E-state index in [-0.39, 0.29) is 18.1 Å². The maximum Gasteiger partial charge on any atom is 0.227 e. The van der Waals surface area contributed by atoms with Crippen LogP contribution in [0, 0.1) is 0 Å². The van der Waals surface area contributed by atoms with Gasteiger partial charge in [-0.3, -0.25) is 4.79 Å². The van der Waals surface area contributed by atoms with Crippen molar-refractivity contribution in [3.05, 3.63) is 59.2 Å². The zero-order valence-corrected chi connectivity index (χ0v) is 19.2. The summed E-state index contributed by atoms with van der Waals surface area (Å²) < 4.78 is 25.3. The number of nitrogens with one attached hydrogen (secondary N) is 1. The van der Waals surface area contributed by atoms with Gasteiger partial charge in [0.05, 0.1) is 10.6 Å². The lowest BCUT2D eigenvalue weighted by molar-refractivity contribution is -0.115. The minimum Gasteiger partial charge on any atom is -0.300 e. The quantitative estimate of drug-likeness (QED) is 0.561. The summed E-state index contributed by atoms with van der Waals surface area (Å²) in [5.74, 6) is -0.172. The van der Waals surface area contributed by atoms with Crippen molar-refractivity contribution in [2.75, 3.05) is 11.1 Å². The summed E-state index contributed by atoms with van der Waals surface area (Å²) >= 11 is 1.27. The van der Waals surface area contributed by atoms with Crippen LogP contribution in [0.2, 0.25) is 0 Å². The number of sulfone groups is 1. The van der Waals surface area contributed by atoms with E-state index in [1.807, 2.05) is 18.2 Å². The largest absolute Gasteiger partial charge is 0.300 e. The zero-order chi connectivity index (χ0) is 22.0. The van der Waals surface area contributed by atoms with Gasteiger partial charge in [-0.05, 0) is 54.0 Å². The smallest absolute Gasteiger partial charge is 0.227 e. The molecule has 1 amide bonds. The van der Waals surface area contributed by atoms with Crippen LogP contribution >= 0.6 is 11.3 Å². The first-order chi connectivity index (χ1) is 14.8. The molecule has 3 aromatic rings. The third kappa shape index (κ3) is 5.02. The summed E-state index contributed by atoms with van der Waals surface area (Å²) in [6.07, 6.45) is 2.85. The number of hydrogen-bond acceptors (Lipinski definition) is 6. The molecule has 0 bridgehead atoms. The van der Waals surface area contributed by atoms with Gasteiger partial charge in [0.2, 0.25) is 11.0 Å². The molecule has 0 saturated carbocycles. The Morgan fingerprint density at radius 2 is 1.81 bits per heavy atom. The minimum atomic E-state index is -3.51. The maximum absolute atomic E-state index is 12.6. The number of carbonyl (C=O) groups is 1. The summed E-state index contributed by atoms with van der Waals surface area (Å²) in [6.45, 7) is 4.27. The van der Waals surface area contributed by atoms with Gasteiger partial charge in [0, 0.05) is 12.0 Å². The van der Waals surface area contributed by atoms with Gasteiger partial charge >= 0.3 is 0 Å². The predicted octanol–water partition coefficient (Wildman–Crippen LogP) is 4.62. The SMILES string of the molecule is CC(C)c1ccc(-c2nnc(NC(=O)CCS(=O)(=O)c3ccc4c(c3)CCC4)s2)cc1. The highest BCUT2D eigenvalue weighted by Gasteiger charge is 2.20. The van der Waals surface area contributed by atoms with Crippen molar-refractivity contribution >= 4 is 32.2 Å². The van der Waals surface area contributed by atoms with E-state index in [9.17, 15) is 13.2 Å². The second-order valence-electron chi connectivity index (χ2n) is 8.09. The highest BCUT2D eigenvalue weighted by Crippen LogP contribution is 2.28. The molecular formula is C23H25N3O3S2. The lowest BCUT2D eigenvalue weighted by Gasteiger charge is -2.07. The van der Waals surface area contributed by atoms with Gasteiger partial charge in [-0.2, -0.15) is 0 Å². The summed E-state index contributed by atoms with van der Waals surface area (Å²) in [5.41, 5.74) is 4.50. The number of hydrogen-bond donors (Lipinski definition) is 1. The summed E-state index contributed by atoms with van der Waals surface area (Å²) in [7, 11) is -3.51. The maximum atomic E-state index is 12.6.